The molecule has 1 aliphatic carbocycles. The van der Waals surface area contributed by atoms with E-state index in [4.69, 9.17) is 5.26 Å². The van der Waals surface area contributed by atoms with Crippen LogP contribution < -0.4 is 0 Å². The first-order chi connectivity index (χ1) is 7.38. The first-order valence-electron chi connectivity index (χ1n) is 5.21. The van der Waals surface area contributed by atoms with Crippen molar-refractivity contribution in [2.45, 2.75) is 12.8 Å². The third-order valence-electron chi connectivity index (χ3n) is 2.62. The van der Waals surface area contributed by atoms with Crippen LogP contribution in [0.4, 0.5) is 0 Å². The summed E-state index contributed by atoms with van der Waals surface area (Å²) in [5.41, 5.74) is 2.00. The van der Waals surface area contributed by atoms with Crippen LogP contribution in [0.3, 0.4) is 0 Å². The highest BCUT2D eigenvalue weighted by Crippen LogP contribution is 2.18. The van der Waals surface area contributed by atoms with Gasteiger partial charge in [0, 0.05) is 0 Å². The Morgan fingerprint density at radius 2 is 2.27 bits per heavy atom. The van der Waals surface area contributed by atoms with Gasteiger partial charge in [-0.1, -0.05) is 36.4 Å². The fourth-order valence-corrected chi connectivity index (χ4v) is 1.85. The standard InChI is InChI=1S/C14H13N/c15-11-14-8-4-7-13(10-14)9-12-5-2-1-3-6-12/h1-5,7-8,10,12H,6,9H2/t12-/m0/s1. The molecule has 1 atom stereocenters. The van der Waals surface area contributed by atoms with Crippen LogP contribution in [0.2, 0.25) is 0 Å². The van der Waals surface area contributed by atoms with Gasteiger partial charge in [0.2, 0.25) is 0 Å². The minimum absolute atomic E-state index is 0.587. The van der Waals surface area contributed by atoms with E-state index in [1.54, 1.807) is 0 Å². The quantitative estimate of drug-likeness (QED) is 0.710. The number of allylic oxidation sites excluding steroid dienone is 4. The molecule has 0 spiro atoms. The molecule has 0 unspecified atom stereocenters. The van der Waals surface area contributed by atoms with Gasteiger partial charge in [-0.25, -0.2) is 0 Å². The topological polar surface area (TPSA) is 23.8 Å². The minimum atomic E-state index is 0.587. The minimum Gasteiger partial charge on any atom is -0.192 e. The number of nitriles is 1. The normalized spacial score (nSPS) is 18.7. The van der Waals surface area contributed by atoms with E-state index >= 15 is 0 Å². The molecule has 0 bridgehead atoms. The molecule has 15 heavy (non-hydrogen) atoms. The zero-order chi connectivity index (χ0) is 10.5. The van der Waals surface area contributed by atoms with Gasteiger partial charge in [-0.05, 0) is 36.5 Å². The van der Waals surface area contributed by atoms with E-state index in [1.165, 1.54) is 5.56 Å². The van der Waals surface area contributed by atoms with Crippen LogP contribution in [0.25, 0.3) is 0 Å². The Kier molecular flexibility index (Phi) is 2.99. The summed E-state index contributed by atoms with van der Waals surface area (Å²) >= 11 is 0. The lowest BCUT2D eigenvalue weighted by Crippen LogP contribution is -2.02. The molecule has 1 aromatic rings. The summed E-state index contributed by atoms with van der Waals surface area (Å²) < 4.78 is 0. The van der Waals surface area contributed by atoms with Crippen LogP contribution >= 0.6 is 0 Å². The Morgan fingerprint density at radius 1 is 1.33 bits per heavy atom. The Labute approximate surface area is 90.4 Å². The molecule has 0 saturated heterocycles. The lowest BCUT2D eigenvalue weighted by Gasteiger charge is -2.12. The van der Waals surface area contributed by atoms with Gasteiger partial charge in [0.05, 0.1) is 11.6 Å². The zero-order valence-corrected chi connectivity index (χ0v) is 8.56. The third-order valence-corrected chi connectivity index (χ3v) is 2.62. The lowest BCUT2D eigenvalue weighted by molar-refractivity contribution is 0.653. The second kappa shape index (κ2) is 4.61. The van der Waals surface area contributed by atoms with E-state index in [9.17, 15) is 0 Å². The first kappa shape index (κ1) is 9.73. The highest BCUT2D eigenvalue weighted by Gasteiger charge is 2.06. The van der Waals surface area contributed by atoms with Gasteiger partial charge >= 0.3 is 0 Å². The van der Waals surface area contributed by atoms with Crippen LogP contribution in [-0.4, -0.2) is 0 Å². The molecular weight excluding hydrogens is 182 g/mol. The van der Waals surface area contributed by atoms with Crippen molar-refractivity contribution in [3.63, 3.8) is 0 Å². The monoisotopic (exact) mass is 195 g/mol. The molecule has 0 saturated carbocycles. The van der Waals surface area contributed by atoms with Gasteiger partial charge in [-0.3, -0.25) is 0 Å². The molecular formula is C14H13N. The molecule has 74 valence electrons. The van der Waals surface area contributed by atoms with Gasteiger partial charge < -0.3 is 0 Å². The average Bonchev–Trinajstić information content (AvgIpc) is 2.31. The van der Waals surface area contributed by atoms with Crippen LogP contribution in [0, 0.1) is 17.2 Å². The maximum atomic E-state index is 8.79. The van der Waals surface area contributed by atoms with E-state index in [0.717, 1.165) is 18.4 Å². The highest BCUT2D eigenvalue weighted by molar-refractivity contribution is 5.33. The fourth-order valence-electron chi connectivity index (χ4n) is 1.85. The smallest absolute Gasteiger partial charge is 0.0991 e. The lowest BCUT2D eigenvalue weighted by atomic mass is 9.93. The van der Waals surface area contributed by atoms with Crippen LogP contribution in [0.1, 0.15) is 17.5 Å². The van der Waals surface area contributed by atoms with Crippen molar-refractivity contribution in [2.24, 2.45) is 5.92 Å². The second-order valence-corrected chi connectivity index (χ2v) is 3.83. The summed E-state index contributed by atoms with van der Waals surface area (Å²) in [6.45, 7) is 0. The summed E-state index contributed by atoms with van der Waals surface area (Å²) in [5, 5.41) is 8.79. The highest BCUT2D eigenvalue weighted by atomic mass is 14.2. The molecule has 0 fully saturated rings. The zero-order valence-electron chi connectivity index (χ0n) is 8.56. The summed E-state index contributed by atoms with van der Waals surface area (Å²) in [6, 6.07) is 10.0. The van der Waals surface area contributed by atoms with E-state index in [2.05, 4.69) is 36.4 Å². The Bertz CT molecular complexity index is 435. The number of hydrogen-bond acceptors (Lipinski definition) is 1. The Hall–Kier alpha value is -1.81. The number of nitrogens with zero attached hydrogens (tertiary/aromatic N) is 1. The van der Waals surface area contributed by atoms with E-state index in [0.29, 0.717) is 5.92 Å². The van der Waals surface area contributed by atoms with Crippen LogP contribution in [0.5, 0.6) is 0 Å². The van der Waals surface area contributed by atoms with Crippen molar-refractivity contribution in [3.05, 3.63) is 59.7 Å². The first-order valence-corrected chi connectivity index (χ1v) is 5.21. The molecule has 1 heteroatoms. The van der Waals surface area contributed by atoms with Gasteiger partial charge in [-0.15, -0.1) is 0 Å². The van der Waals surface area contributed by atoms with Gasteiger partial charge in [-0.2, -0.15) is 5.26 Å². The molecule has 2 rings (SSSR count). The molecule has 0 amide bonds. The summed E-state index contributed by atoms with van der Waals surface area (Å²) in [5.74, 6) is 0.587. The Morgan fingerprint density at radius 3 is 3.00 bits per heavy atom. The van der Waals surface area contributed by atoms with E-state index in [1.807, 2.05) is 18.2 Å². The van der Waals surface area contributed by atoms with Crippen LogP contribution in [0.15, 0.2) is 48.6 Å². The van der Waals surface area contributed by atoms with Crippen molar-refractivity contribution in [2.75, 3.05) is 0 Å². The van der Waals surface area contributed by atoms with Gasteiger partial charge in [0.1, 0.15) is 0 Å². The predicted octanol–water partition coefficient (Wildman–Crippen LogP) is 3.23. The number of hydrogen-bond donors (Lipinski definition) is 0. The SMILES string of the molecule is N#Cc1cccc(C[C@H]2C=CC=CC2)c1. The summed E-state index contributed by atoms with van der Waals surface area (Å²) in [7, 11) is 0. The average molecular weight is 195 g/mol. The fraction of sp³-hybridized carbons (Fsp3) is 0.214. The van der Waals surface area contributed by atoms with Crippen molar-refractivity contribution in [3.8, 4) is 6.07 Å². The van der Waals surface area contributed by atoms with Crippen molar-refractivity contribution >= 4 is 0 Å². The largest absolute Gasteiger partial charge is 0.192 e. The summed E-state index contributed by atoms with van der Waals surface area (Å²) in [4.78, 5) is 0. The molecule has 0 N–H and O–H groups in total. The molecule has 1 nitrogen and oxygen atoms in total. The van der Waals surface area contributed by atoms with Gasteiger partial charge in [0.15, 0.2) is 0 Å². The Balaban J connectivity index is 2.08. The third kappa shape index (κ3) is 2.57. The molecule has 0 heterocycles. The number of benzene rings is 1. The summed E-state index contributed by atoms with van der Waals surface area (Å²) in [6.07, 6.45) is 10.7. The molecule has 1 aliphatic rings. The van der Waals surface area contributed by atoms with Crippen molar-refractivity contribution in [1.82, 2.24) is 0 Å². The second-order valence-electron chi connectivity index (χ2n) is 3.83. The van der Waals surface area contributed by atoms with E-state index in [-0.39, 0.29) is 0 Å². The van der Waals surface area contributed by atoms with Gasteiger partial charge in [0.25, 0.3) is 0 Å². The van der Waals surface area contributed by atoms with Crippen molar-refractivity contribution < 1.29 is 0 Å². The molecule has 0 radical (unpaired) electrons. The maximum absolute atomic E-state index is 8.79. The predicted molar refractivity (Wildman–Crippen MR) is 61.2 cm³/mol. The van der Waals surface area contributed by atoms with Crippen LogP contribution in [-0.2, 0) is 6.42 Å². The van der Waals surface area contributed by atoms with E-state index < -0.39 is 0 Å². The van der Waals surface area contributed by atoms with Crippen molar-refractivity contribution in [1.29, 1.82) is 5.26 Å². The molecule has 0 aliphatic heterocycles. The molecule has 1 aromatic carbocycles. The number of rotatable bonds is 2. The maximum Gasteiger partial charge on any atom is 0.0991 e. The molecule has 0 aromatic heterocycles.